The van der Waals surface area contributed by atoms with Crippen molar-refractivity contribution in [1.82, 2.24) is 0 Å². The summed E-state index contributed by atoms with van der Waals surface area (Å²) >= 11 is 0. The number of rotatable bonds is 3. The number of aldehydes is 1. The Balaban J connectivity index is 4.22. The molecular formula is C8H18OSi. The summed E-state index contributed by atoms with van der Waals surface area (Å²) in [5.74, 6) is 0. The topological polar surface area (TPSA) is 17.1 Å². The lowest BCUT2D eigenvalue weighted by Gasteiger charge is -2.29. The molecule has 1 nitrogen and oxygen atoms in total. The van der Waals surface area contributed by atoms with Crippen molar-refractivity contribution in [3.8, 4) is 0 Å². The van der Waals surface area contributed by atoms with Gasteiger partial charge in [0.1, 0.15) is 6.29 Å². The molecule has 10 heavy (non-hydrogen) atoms. The maximum absolute atomic E-state index is 10.5. The van der Waals surface area contributed by atoms with E-state index in [1.54, 1.807) is 0 Å². The minimum absolute atomic E-state index is 0.299. The third-order valence-electron chi connectivity index (χ3n) is 2.87. The van der Waals surface area contributed by atoms with E-state index in [4.69, 9.17) is 0 Å². The molecule has 0 amide bonds. The molecule has 0 spiro atoms. The standard InChI is InChI=1S/C8H18OSi/c1-7(2)10(4,5)8(3)6-9/h6-8H,1-5H3. The van der Waals surface area contributed by atoms with Gasteiger partial charge in [0.2, 0.25) is 0 Å². The Hall–Kier alpha value is -0.113. The Morgan fingerprint density at radius 3 is 1.70 bits per heavy atom. The van der Waals surface area contributed by atoms with Gasteiger partial charge in [0.15, 0.2) is 0 Å². The first-order valence-electron chi connectivity index (χ1n) is 3.88. The van der Waals surface area contributed by atoms with Crippen molar-refractivity contribution in [2.45, 2.75) is 44.9 Å². The van der Waals surface area contributed by atoms with Crippen LogP contribution in [0.3, 0.4) is 0 Å². The van der Waals surface area contributed by atoms with Crippen LogP contribution >= 0.6 is 0 Å². The summed E-state index contributed by atoms with van der Waals surface area (Å²) < 4.78 is 0. The van der Waals surface area contributed by atoms with Crippen molar-refractivity contribution in [1.29, 1.82) is 0 Å². The molecule has 0 aliphatic heterocycles. The summed E-state index contributed by atoms with van der Waals surface area (Å²) in [5, 5.41) is 0. The largest absolute Gasteiger partial charge is 0.303 e. The van der Waals surface area contributed by atoms with Gasteiger partial charge in [-0.25, -0.2) is 0 Å². The molecular weight excluding hydrogens is 140 g/mol. The van der Waals surface area contributed by atoms with Gasteiger partial charge in [-0.15, -0.1) is 0 Å². The highest BCUT2D eigenvalue weighted by atomic mass is 28.3. The lowest BCUT2D eigenvalue weighted by Crippen LogP contribution is -2.35. The van der Waals surface area contributed by atoms with E-state index in [1.165, 1.54) is 0 Å². The summed E-state index contributed by atoms with van der Waals surface area (Å²) in [6.45, 7) is 11.0. The zero-order valence-electron chi connectivity index (χ0n) is 7.64. The van der Waals surface area contributed by atoms with E-state index < -0.39 is 8.07 Å². The van der Waals surface area contributed by atoms with E-state index in [0.29, 0.717) is 11.1 Å². The zero-order chi connectivity index (χ0) is 8.36. The van der Waals surface area contributed by atoms with Crippen LogP contribution < -0.4 is 0 Å². The first kappa shape index (κ1) is 9.89. The van der Waals surface area contributed by atoms with E-state index in [2.05, 4.69) is 26.9 Å². The third kappa shape index (κ3) is 1.94. The molecule has 0 bridgehead atoms. The Morgan fingerprint density at radius 2 is 1.60 bits per heavy atom. The zero-order valence-corrected chi connectivity index (χ0v) is 8.64. The van der Waals surface area contributed by atoms with Gasteiger partial charge < -0.3 is 4.79 Å². The van der Waals surface area contributed by atoms with Gasteiger partial charge in [0, 0.05) is 5.54 Å². The first-order chi connectivity index (χ1) is 4.42. The predicted octanol–water partition coefficient (Wildman–Crippen LogP) is 2.69. The van der Waals surface area contributed by atoms with Gasteiger partial charge in [0.25, 0.3) is 0 Å². The van der Waals surface area contributed by atoms with Crippen molar-refractivity contribution < 1.29 is 4.79 Å². The first-order valence-corrected chi connectivity index (χ1v) is 7.03. The second kappa shape index (κ2) is 3.33. The molecule has 0 aromatic rings. The molecule has 0 rings (SSSR count). The summed E-state index contributed by atoms with van der Waals surface area (Å²) in [6, 6.07) is 0. The average molecular weight is 158 g/mol. The molecule has 0 heterocycles. The quantitative estimate of drug-likeness (QED) is 0.456. The van der Waals surface area contributed by atoms with Crippen LogP contribution in [0.4, 0.5) is 0 Å². The Labute approximate surface area is 64.8 Å². The summed E-state index contributed by atoms with van der Waals surface area (Å²) in [4.78, 5) is 10.5. The SMILES string of the molecule is CC(C)[Si](C)(C)C(C)C=O. The predicted molar refractivity (Wildman–Crippen MR) is 48.1 cm³/mol. The van der Waals surface area contributed by atoms with Crippen molar-refractivity contribution in [2.24, 2.45) is 0 Å². The molecule has 0 aliphatic carbocycles. The maximum Gasteiger partial charge on any atom is 0.120 e. The summed E-state index contributed by atoms with van der Waals surface area (Å²) in [5.41, 5.74) is 1.00. The number of hydrogen-bond acceptors (Lipinski definition) is 1. The lowest BCUT2D eigenvalue weighted by molar-refractivity contribution is -0.107. The van der Waals surface area contributed by atoms with E-state index in [1.807, 2.05) is 6.92 Å². The highest BCUT2D eigenvalue weighted by Gasteiger charge is 2.30. The van der Waals surface area contributed by atoms with Crippen LogP contribution in [0.1, 0.15) is 20.8 Å². The second-order valence-corrected chi connectivity index (χ2v) is 9.61. The van der Waals surface area contributed by atoms with Crippen LogP contribution in [0.5, 0.6) is 0 Å². The summed E-state index contributed by atoms with van der Waals surface area (Å²) in [6.07, 6.45) is 1.10. The van der Waals surface area contributed by atoms with Gasteiger partial charge in [0.05, 0.1) is 8.07 Å². The maximum atomic E-state index is 10.5. The monoisotopic (exact) mass is 158 g/mol. The molecule has 0 aromatic carbocycles. The molecule has 60 valence electrons. The summed E-state index contributed by atoms with van der Waals surface area (Å²) in [7, 11) is -1.25. The Bertz CT molecular complexity index is 118. The van der Waals surface area contributed by atoms with Crippen LogP contribution in [0.25, 0.3) is 0 Å². The number of carbonyl (C=O) groups excluding carboxylic acids is 1. The molecule has 0 radical (unpaired) electrons. The van der Waals surface area contributed by atoms with Crippen LogP contribution in [0.2, 0.25) is 24.2 Å². The van der Waals surface area contributed by atoms with Crippen LogP contribution in [0, 0.1) is 0 Å². The number of hydrogen-bond donors (Lipinski definition) is 0. The van der Waals surface area contributed by atoms with Gasteiger partial charge in [-0.05, 0) is 0 Å². The van der Waals surface area contributed by atoms with Gasteiger partial charge in [-0.3, -0.25) is 0 Å². The van der Waals surface area contributed by atoms with Crippen LogP contribution in [-0.4, -0.2) is 14.4 Å². The minimum atomic E-state index is -1.25. The Morgan fingerprint density at radius 1 is 1.20 bits per heavy atom. The van der Waals surface area contributed by atoms with Crippen LogP contribution in [-0.2, 0) is 4.79 Å². The molecule has 0 saturated heterocycles. The second-order valence-electron chi connectivity index (χ2n) is 3.90. The molecule has 0 N–H and O–H groups in total. The van der Waals surface area contributed by atoms with E-state index in [9.17, 15) is 4.79 Å². The smallest absolute Gasteiger partial charge is 0.120 e. The fraction of sp³-hybridized carbons (Fsp3) is 0.875. The molecule has 2 heteroatoms. The molecule has 0 aliphatic rings. The van der Waals surface area contributed by atoms with E-state index in [0.717, 1.165) is 6.29 Å². The van der Waals surface area contributed by atoms with Crippen molar-refractivity contribution in [3.63, 3.8) is 0 Å². The van der Waals surface area contributed by atoms with Crippen molar-refractivity contribution in [3.05, 3.63) is 0 Å². The molecule has 0 aromatic heterocycles. The van der Waals surface area contributed by atoms with Gasteiger partial charge >= 0.3 is 0 Å². The number of carbonyl (C=O) groups is 1. The lowest BCUT2D eigenvalue weighted by atomic mass is 10.5. The molecule has 0 saturated carbocycles. The molecule has 0 fully saturated rings. The highest BCUT2D eigenvalue weighted by molar-refractivity contribution is 6.82. The fourth-order valence-corrected chi connectivity index (χ4v) is 2.10. The van der Waals surface area contributed by atoms with E-state index >= 15 is 0 Å². The van der Waals surface area contributed by atoms with Crippen molar-refractivity contribution in [2.75, 3.05) is 0 Å². The molecule has 1 atom stereocenters. The van der Waals surface area contributed by atoms with E-state index in [-0.39, 0.29) is 0 Å². The van der Waals surface area contributed by atoms with Gasteiger partial charge in [-0.2, -0.15) is 0 Å². The van der Waals surface area contributed by atoms with Gasteiger partial charge in [-0.1, -0.05) is 39.4 Å². The Kier molecular flexibility index (Phi) is 3.29. The average Bonchev–Trinajstić information content (AvgIpc) is 1.86. The minimum Gasteiger partial charge on any atom is -0.303 e. The van der Waals surface area contributed by atoms with Crippen molar-refractivity contribution >= 4 is 14.4 Å². The fourth-order valence-electron chi connectivity index (χ4n) is 0.701. The van der Waals surface area contributed by atoms with Crippen LogP contribution in [0.15, 0.2) is 0 Å². The highest BCUT2D eigenvalue weighted by Crippen LogP contribution is 2.30. The third-order valence-corrected chi connectivity index (χ3v) is 8.33. The normalized spacial score (nSPS) is 15.4. The molecule has 1 unspecified atom stereocenters.